The normalized spacial score (nSPS) is 18.0. The van der Waals surface area contributed by atoms with Gasteiger partial charge in [-0.1, -0.05) is 5.16 Å². The average Bonchev–Trinajstić information content (AvgIpc) is 3.15. The third-order valence-corrected chi connectivity index (χ3v) is 3.99. The predicted molar refractivity (Wildman–Crippen MR) is 80.2 cm³/mol. The number of carbonyl (C=O) groups excluding carboxylic acids is 1. The molecule has 0 N–H and O–H groups in total. The lowest BCUT2D eigenvalue weighted by Crippen LogP contribution is -2.28. The molecule has 122 valence electrons. The van der Waals surface area contributed by atoms with Crippen LogP contribution in [-0.4, -0.2) is 47.8 Å². The lowest BCUT2D eigenvalue weighted by molar-refractivity contribution is -0.128. The molecule has 0 saturated carbocycles. The smallest absolute Gasteiger partial charge is 0.232 e. The van der Waals surface area contributed by atoms with E-state index in [2.05, 4.69) is 10.1 Å². The lowest BCUT2D eigenvalue weighted by atomic mass is 10.1. The van der Waals surface area contributed by atoms with Gasteiger partial charge in [0.05, 0.1) is 12.5 Å². The highest BCUT2D eigenvalue weighted by molar-refractivity contribution is 5.79. The molecule has 0 unspecified atom stereocenters. The zero-order valence-corrected chi connectivity index (χ0v) is 13.1. The summed E-state index contributed by atoms with van der Waals surface area (Å²) in [4.78, 5) is 18.1. The van der Waals surface area contributed by atoms with Crippen molar-refractivity contribution in [2.45, 2.75) is 19.3 Å². The molecule has 1 aliphatic rings. The SMILES string of the molecule is COCCN1C[C@@H](c2nc(-c3ccc(F)c(C)c3)no2)CC1=O. The fourth-order valence-corrected chi connectivity index (χ4v) is 2.66. The van der Waals surface area contributed by atoms with E-state index in [4.69, 9.17) is 9.26 Å². The zero-order chi connectivity index (χ0) is 16.4. The molecule has 23 heavy (non-hydrogen) atoms. The van der Waals surface area contributed by atoms with Crippen LogP contribution in [0, 0.1) is 12.7 Å². The van der Waals surface area contributed by atoms with Crippen LogP contribution in [0.1, 0.15) is 23.8 Å². The number of amides is 1. The summed E-state index contributed by atoms with van der Waals surface area (Å²) in [5.41, 5.74) is 1.22. The van der Waals surface area contributed by atoms with Gasteiger partial charge in [0.25, 0.3) is 0 Å². The highest BCUT2D eigenvalue weighted by atomic mass is 19.1. The molecule has 0 spiro atoms. The Morgan fingerprint density at radius 1 is 1.48 bits per heavy atom. The number of hydrogen-bond donors (Lipinski definition) is 0. The Labute approximate surface area is 133 Å². The highest BCUT2D eigenvalue weighted by Crippen LogP contribution is 2.28. The van der Waals surface area contributed by atoms with E-state index in [9.17, 15) is 9.18 Å². The van der Waals surface area contributed by atoms with Crippen molar-refractivity contribution < 1.29 is 18.4 Å². The minimum absolute atomic E-state index is 0.0597. The zero-order valence-electron chi connectivity index (χ0n) is 13.1. The standard InChI is InChI=1S/C16H18FN3O3/c1-10-7-11(3-4-13(10)17)15-18-16(23-19-15)12-8-14(21)20(9-12)5-6-22-2/h3-4,7,12H,5-6,8-9H2,1-2H3/t12-/m0/s1. The summed E-state index contributed by atoms with van der Waals surface area (Å²) in [6, 6.07) is 4.67. The van der Waals surface area contributed by atoms with E-state index in [1.165, 1.54) is 6.07 Å². The molecule has 3 rings (SSSR count). The first kappa shape index (κ1) is 15.6. The molecule has 1 amide bonds. The second kappa shape index (κ2) is 6.45. The van der Waals surface area contributed by atoms with E-state index in [1.807, 2.05) is 0 Å². The molecule has 2 heterocycles. The van der Waals surface area contributed by atoms with Gasteiger partial charge in [-0.3, -0.25) is 4.79 Å². The number of halogens is 1. The lowest BCUT2D eigenvalue weighted by Gasteiger charge is -2.14. The van der Waals surface area contributed by atoms with Crippen LogP contribution in [-0.2, 0) is 9.53 Å². The predicted octanol–water partition coefficient (Wildman–Crippen LogP) is 2.15. The summed E-state index contributed by atoms with van der Waals surface area (Å²) in [6.45, 7) is 3.29. The van der Waals surface area contributed by atoms with Crippen molar-refractivity contribution >= 4 is 5.91 Å². The molecular weight excluding hydrogens is 301 g/mol. The largest absolute Gasteiger partial charge is 0.383 e. The Morgan fingerprint density at radius 2 is 2.30 bits per heavy atom. The number of methoxy groups -OCH3 is 1. The van der Waals surface area contributed by atoms with Gasteiger partial charge in [0.2, 0.25) is 17.6 Å². The van der Waals surface area contributed by atoms with Crippen molar-refractivity contribution in [1.82, 2.24) is 15.0 Å². The maximum absolute atomic E-state index is 13.3. The number of likely N-dealkylation sites (tertiary alicyclic amines) is 1. The molecule has 0 bridgehead atoms. The number of ether oxygens (including phenoxy) is 1. The fraction of sp³-hybridized carbons (Fsp3) is 0.438. The number of benzene rings is 1. The van der Waals surface area contributed by atoms with E-state index in [-0.39, 0.29) is 17.6 Å². The van der Waals surface area contributed by atoms with Crippen molar-refractivity contribution in [3.8, 4) is 11.4 Å². The Kier molecular flexibility index (Phi) is 4.38. The summed E-state index contributed by atoms with van der Waals surface area (Å²) in [7, 11) is 1.60. The van der Waals surface area contributed by atoms with E-state index in [0.717, 1.165) is 0 Å². The van der Waals surface area contributed by atoms with Crippen molar-refractivity contribution in [1.29, 1.82) is 0 Å². The number of rotatable bonds is 5. The van der Waals surface area contributed by atoms with Gasteiger partial charge in [-0.2, -0.15) is 4.98 Å². The van der Waals surface area contributed by atoms with Crippen LogP contribution in [0.5, 0.6) is 0 Å². The molecule has 1 fully saturated rings. The third-order valence-electron chi connectivity index (χ3n) is 3.99. The van der Waals surface area contributed by atoms with Gasteiger partial charge in [0, 0.05) is 32.2 Å². The molecule has 0 radical (unpaired) electrons. The first-order chi connectivity index (χ1) is 11.1. The maximum Gasteiger partial charge on any atom is 0.232 e. The van der Waals surface area contributed by atoms with Gasteiger partial charge in [-0.15, -0.1) is 0 Å². The second-order valence-corrected chi connectivity index (χ2v) is 5.65. The highest BCUT2D eigenvalue weighted by Gasteiger charge is 2.34. The van der Waals surface area contributed by atoms with E-state index in [1.54, 1.807) is 31.1 Å². The van der Waals surface area contributed by atoms with Crippen LogP contribution in [0.4, 0.5) is 4.39 Å². The van der Waals surface area contributed by atoms with E-state index in [0.29, 0.717) is 49.0 Å². The summed E-state index contributed by atoms with van der Waals surface area (Å²) in [6.07, 6.45) is 0.355. The molecule has 6 nitrogen and oxygen atoms in total. The number of aromatic nitrogens is 2. The van der Waals surface area contributed by atoms with Gasteiger partial charge < -0.3 is 14.2 Å². The summed E-state index contributed by atoms with van der Waals surface area (Å²) in [5.74, 6) is 0.528. The molecule has 2 aromatic rings. The van der Waals surface area contributed by atoms with E-state index < -0.39 is 0 Å². The summed E-state index contributed by atoms with van der Waals surface area (Å²) >= 11 is 0. The summed E-state index contributed by atoms with van der Waals surface area (Å²) in [5, 5.41) is 3.95. The Bertz CT molecular complexity index is 716. The molecule has 0 aliphatic carbocycles. The third kappa shape index (κ3) is 3.24. The van der Waals surface area contributed by atoms with Gasteiger partial charge in [0.1, 0.15) is 5.82 Å². The molecule has 1 atom stereocenters. The fourth-order valence-electron chi connectivity index (χ4n) is 2.66. The van der Waals surface area contributed by atoms with Crippen LogP contribution >= 0.6 is 0 Å². The van der Waals surface area contributed by atoms with Gasteiger partial charge in [-0.05, 0) is 30.7 Å². The number of carbonyl (C=O) groups is 1. The minimum Gasteiger partial charge on any atom is -0.383 e. The van der Waals surface area contributed by atoms with Crippen molar-refractivity contribution in [2.75, 3.05) is 26.8 Å². The number of hydrogen-bond acceptors (Lipinski definition) is 5. The number of aryl methyl sites for hydroxylation is 1. The van der Waals surface area contributed by atoms with Gasteiger partial charge in [0.15, 0.2) is 0 Å². The molecule has 7 heteroatoms. The van der Waals surface area contributed by atoms with E-state index >= 15 is 0 Å². The molecule has 1 aromatic heterocycles. The quantitative estimate of drug-likeness (QED) is 0.844. The van der Waals surface area contributed by atoms with Crippen LogP contribution < -0.4 is 0 Å². The summed E-state index contributed by atoms with van der Waals surface area (Å²) < 4.78 is 23.6. The topological polar surface area (TPSA) is 68.5 Å². The minimum atomic E-state index is -0.271. The van der Waals surface area contributed by atoms with Crippen molar-refractivity contribution in [3.05, 3.63) is 35.5 Å². The molecule has 1 saturated heterocycles. The van der Waals surface area contributed by atoms with Crippen LogP contribution in [0.15, 0.2) is 22.7 Å². The second-order valence-electron chi connectivity index (χ2n) is 5.65. The van der Waals surface area contributed by atoms with Gasteiger partial charge in [-0.25, -0.2) is 4.39 Å². The monoisotopic (exact) mass is 319 g/mol. The number of nitrogens with zero attached hydrogens (tertiary/aromatic N) is 3. The van der Waals surface area contributed by atoms with Crippen molar-refractivity contribution in [2.24, 2.45) is 0 Å². The Morgan fingerprint density at radius 3 is 3.04 bits per heavy atom. The molecule has 1 aromatic carbocycles. The Hall–Kier alpha value is -2.28. The maximum atomic E-state index is 13.3. The Balaban J connectivity index is 1.74. The van der Waals surface area contributed by atoms with Crippen molar-refractivity contribution in [3.63, 3.8) is 0 Å². The van der Waals surface area contributed by atoms with Gasteiger partial charge >= 0.3 is 0 Å². The first-order valence-electron chi connectivity index (χ1n) is 7.45. The first-order valence-corrected chi connectivity index (χ1v) is 7.45. The molecule has 1 aliphatic heterocycles. The van der Waals surface area contributed by atoms with Crippen LogP contribution in [0.25, 0.3) is 11.4 Å². The average molecular weight is 319 g/mol. The van der Waals surface area contributed by atoms with Crippen LogP contribution in [0.3, 0.4) is 0 Å². The van der Waals surface area contributed by atoms with Crippen LogP contribution in [0.2, 0.25) is 0 Å². The molecular formula is C16H18FN3O3.